The van der Waals surface area contributed by atoms with Crippen LogP contribution < -0.4 is 4.90 Å². The lowest BCUT2D eigenvalue weighted by atomic mass is 10.1. The summed E-state index contributed by atoms with van der Waals surface area (Å²) in [6.45, 7) is 1.25. The molecule has 2 aromatic rings. The summed E-state index contributed by atoms with van der Waals surface area (Å²) in [5.41, 5.74) is 0.940. The molecule has 0 N–H and O–H groups in total. The maximum atomic E-state index is 13.0. The van der Waals surface area contributed by atoms with Crippen molar-refractivity contribution in [3.05, 3.63) is 65.7 Å². The fourth-order valence-electron chi connectivity index (χ4n) is 2.69. The Morgan fingerprint density at radius 2 is 1.75 bits per heavy atom. The predicted molar refractivity (Wildman–Crippen MR) is 92.9 cm³/mol. The van der Waals surface area contributed by atoms with Crippen molar-refractivity contribution in [2.45, 2.75) is 25.6 Å². The predicted octanol–water partition coefficient (Wildman–Crippen LogP) is 5.33. The lowest BCUT2D eigenvalue weighted by Gasteiger charge is -2.25. The van der Waals surface area contributed by atoms with Crippen molar-refractivity contribution < 1.29 is 13.2 Å². The summed E-state index contributed by atoms with van der Waals surface area (Å²) in [5, 5.41) is 0. The molecule has 0 amide bonds. The standard InChI is InChI=1S/C18H17F3N2.ClH/c19-18(20,21)15-8-4-9-16(12-15)23(17-10-5-11-22-17)13-14-6-2-1-3-7-14;/h1-4,6-9,12H,5,10-11,13H2;1H. The average Bonchev–Trinajstić information content (AvgIpc) is 3.07. The number of anilines is 1. The van der Waals surface area contributed by atoms with Gasteiger partial charge in [-0.3, -0.25) is 4.99 Å². The molecule has 0 fully saturated rings. The molecule has 24 heavy (non-hydrogen) atoms. The van der Waals surface area contributed by atoms with Crippen LogP contribution in [-0.4, -0.2) is 12.4 Å². The van der Waals surface area contributed by atoms with E-state index in [1.165, 1.54) is 12.1 Å². The first-order valence-corrected chi connectivity index (χ1v) is 7.56. The van der Waals surface area contributed by atoms with Gasteiger partial charge in [-0.1, -0.05) is 36.4 Å². The fourth-order valence-corrected chi connectivity index (χ4v) is 2.69. The molecular formula is C18H18ClF3N2. The Morgan fingerprint density at radius 1 is 1.00 bits per heavy atom. The fraction of sp³-hybridized carbons (Fsp3) is 0.278. The quantitative estimate of drug-likeness (QED) is 0.727. The molecule has 0 radical (unpaired) electrons. The van der Waals surface area contributed by atoms with Crippen LogP contribution in [0.1, 0.15) is 24.0 Å². The van der Waals surface area contributed by atoms with Crippen molar-refractivity contribution in [1.29, 1.82) is 0 Å². The van der Waals surface area contributed by atoms with Crippen LogP contribution in [-0.2, 0) is 12.7 Å². The molecule has 0 aliphatic carbocycles. The molecule has 1 heterocycles. The Balaban J connectivity index is 0.00000208. The molecular weight excluding hydrogens is 337 g/mol. The largest absolute Gasteiger partial charge is 0.416 e. The molecule has 0 bridgehead atoms. The van der Waals surface area contributed by atoms with Crippen molar-refractivity contribution in [1.82, 2.24) is 0 Å². The van der Waals surface area contributed by atoms with Crippen molar-refractivity contribution >= 4 is 23.9 Å². The van der Waals surface area contributed by atoms with E-state index in [1.807, 2.05) is 35.2 Å². The van der Waals surface area contributed by atoms with Crippen LogP contribution >= 0.6 is 12.4 Å². The molecule has 0 saturated heterocycles. The summed E-state index contributed by atoms with van der Waals surface area (Å²) in [6.07, 6.45) is -2.60. The number of halogens is 4. The van der Waals surface area contributed by atoms with Gasteiger partial charge in [0.1, 0.15) is 5.84 Å². The third-order valence-corrected chi connectivity index (χ3v) is 3.83. The van der Waals surface area contributed by atoms with E-state index in [2.05, 4.69) is 4.99 Å². The molecule has 3 rings (SSSR count). The van der Waals surface area contributed by atoms with Gasteiger partial charge in [-0.2, -0.15) is 13.2 Å². The number of hydrogen-bond acceptors (Lipinski definition) is 2. The van der Waals surface area contributed by atoms with Gasteiger partial charge in [0.2, 0.25) is 0 Å². The number of aliphatic imine (C=N–C) groups is 1. The SMILES string of the molecule is Cl.FC(F)(F)c1cccc(N(Cc2ccccc2)C2=NCCC2)c1. The second-order valence-corrected chi connectivity index (χ2v) is 5.52. The molecule has 2 aromatic carbocycles. The molecule has 0 spiro atoms. The molecule has 0 saturated carbocycles. The summed E-state index contributed by atoms with van der Waals surface area (Å²) in [4.78, 5) is 6.35. The summed E-state index contributed by atoms with van der Waals surface area (Å²) >= 11 is 0. The topological polar surface area (TPSA) is 15.6 Å². The second kappa shape index (κ2) is 7.71. The normalized spacial score (nSPS) is 14.0. The lowest BCUT2D eigenvalue weighted by Crippen LogP contribution is -2.29. The van der Waals surface area contributed by atoms with Gasteiger partial charge in [-0.15, -0.1) is 12.4 Å². The van der Waals surface area contributed by atoms with E-state index in [0.29, 0.717) is 12.2 Å². The first-order valence-electron chi connectivity index (χ1n) is 7.56. The van der Waals surface area contributed by atoms with Gasteiger partial charge in [0.15, 0.2) is 0 Å². The van der Waals surface area contributed by atoms with E-state index in [0.717, 1.165) is 36.9 Å². The van der Waals surface area contributed by atoms with Crippen molar-refractivity contribution in [3.8, 4) is 0 Å². The van der Waals surface area contributed by atoms with E-state index in [4.69, 9.17) is 0 Å². The van der Waals surface area contributed by atoms with Gasteiger partial charge in [0, 0.05) is 25.2 Å². The van der Waals surface area contributed by atoms with Gasteiger partial charge in [-0.05, 0) is 30.2 Å². The lowest BCUT2D eigenvalue weighted by molar-refractivity contribution is -0.137. The molecule has 1 aliphatic heterocycles. The molecule has 128 valence electrons. The van der Waals surface area contributed by atoms with Crippen LogP contribution in [0.5, 0.6) is 0 Å². The number of nitrogens with zero attached hydrogens (tertiary/aromatic N) is 2. The van der Waals surface area contributed by atoms with E-state index in [1.54, 1.807) is 6.07 Å². The van der Waals surface area contributed by atoms with E-state index in [-0.39, 0.29) is 12.4 Å². The van der Waals surface area contributed by atoms with Crippen molar-refractivity contribution in [2.24, 2.45) is 4.99 Å². The molecule has 0 aromatic heterocycles. The van der Waals surface area contributed by atoms with E-state index < -0.39 is 11.7 Å². The highest BCUT2D eigenvalue weighted by Crippen LogP contribution is 2.32. The van der Waals surface area contributed by atoms with Crippen molar-refractivity contribution in [3.63, 3.8) is 0 Å². The minimum Gasteiger partial charge on any atom is -0.326 e. The van der Waals surface area contributed by atoms with Gasteiger partial charge in [0.25, 0.3) is 0 Å². The maximum absolute atomic E-state index is 13.0. The number of benzene rings is 2. The molecule has 2 nitrogen and oxygen atoms in total. The summed E-state index contributed by atoms with van der Waals surface area (Å²) in [5.74, 6) is 0.855. The Labute approximate surface area is 145 Å². The Morgan fingerprint density at radius 3 is 2.38 bits per heavy atom. The van der Waals surface area contributed by atoms with Crippen LogP contribution in [0.3, 0.4) is 0 Å². The van der Waals surface area contributed by atoms with E-state index >= 15 is 0 Å². The number of rotatable bonds is 3. The summed E-state index contributed by atoms with van der Waals surface area (Å²) < 4.78 is 39.0. The van der Waals surface area contributed by atoms with Crippen LogP contribution in [0.15, 0.2) is 59.6 Å². The van der Waals surface area contributed by atoms with Crippen LogP contribution in [0, 0.1) is 0 Å². The first kappa shape index (κ1) is 18.3. The molecule has 6 heteroatoms. The third kappa shape index (κ3) is 4.29. The smallest absolute Gasteiger partial charge is 0.326 e. The number of hydrogen-bond donors (Lipinski definition) is 0. The zero-order valence-electron chi connectivity index (χ0n) is 13.0. The molecule has 1 aliphatic rings. The zero-order chi connectivity index (χ0) is 16.3. The third-order valence-electron chi connectivity index (χ3n) is 3.83. The highest BCUT2D eigenvalue weighted by Gasteiger charge is 2.31. The Hall–Kier alpha value is -2.01. The van der Waals surface area contributed by atoms with Gasteiger partial charge in [0.05, 0.1) is 5.56 Å². The highest BCUT2D eigenvalue weighted by atomic mass is 35.5. The van der Waals surface area contributed by atoms with Gasteiger partial charge in [-0.25, -0.2) is 0 Å². The minimum atomic E-state index is -4.34. The number of amidine groups is 1. The highest BCUT2D eigenvalue weighted by molar-refractivity contribution is 5.98. The van der Waals surface area contributed by atoms with E-state index in [9.17, 15) is 13.2 Å². The summed E-state index contributed by atoms with van der Waals surface area (Å²) in [6, 6.07) is 15.2. The summed E-state index contributed by atoms with van der Waals surface area (Å²) in [7, 11) is 0. The van der Waals surface area contributed by atoms with Crippen LogP contribution in [0.4, 0.5) is 18.9 Å². The van der Waals surface area contributed by atoms with Crippen molar-refractivity contribution in [2.75, 3.05) is 11.4 Å². The number of alkyl halides is 3. The monoisotopic (exact) mass is 354 g/mol. The molecule has 0 unspecified atom stereocenters. The second-order valence-electron chi connectivity index (χ2n) is 5.52. The van der Waals surface area contributed by atoms with Crippen LogP contribution in [0.2, 0.25) is 0 Å². The Bertz CT molecular complexity index is 699. The minimum absolute atomic E-state index is 0. The first-order chi connectivity index (χ1) is 11.0. The van der Waals surface area contributed by atoms with Crippen LogP contribution in [0.25, 0.3) is 0 Å². The van der Waals surface area contributed by atoms with Gasteiger partial charge >= 0.3 is 6.18 Å². The average molecular weight is 355 g/mol. The van der Waals surface area contributed by atoms with Gasteiger partial charge < -0.3 is 4.90 Å². The maximum Gasteiger partial charge on any atom is 0.416 e. The Kier molecular flexibility index (Phi) is 5.89. The zero-order valence-corrected chi connectivity index (χ0v) is 13.8. The molecule has 0 atom stereocenters.